The van der Waals surface area contributed by atoms with Gasteiger partial charge < -0.3 is 9.84 Å². The van der Waals surface area contributed by atoms with Crippen LogP contribution in [0.3, 0.4) is 0 Å². The molecule has 6 heteroatoms. The molecule has 1 atom stereocenters. The maximum absolute atomic E-state index is 5.17. The fraction of sp³-hybridized carbons (Fsp3) is 0.400. The molecule has 0 fully saturated rings. The highest BCUT2D eigenvalue weighted by atomic mass is 35.5. The van der Waals surface area contributed by atoms with Crippen LogP contribution in [-0.4, -0.2) is 23.2 Å². The molecule has 0 saturated carbocycles. The second-order valence-electron chi connectivity index (χ2n) is 3.42. The van der Waals surface area contributed by atoms with Crippen LogP contribution in [0.15, 0.2) is 21.3 Å². The minimum absolute atomic E-state index is 0. The molecule has 0 saturated heterocycles. The number of likely N-dealkylation sites (N-methyl/N-ethyl adjacent to an activating group) is 1. The van der Waals surface area contributed by atoms with Gasteiger partial charge in [-0.05, 0) is 25.4 Å². The van der Waals surface area contributed by atoms with Gasteiger partial charge in [0.15, 0.2) is 5.82 Å². The van der Waals surface area contributed by atoms with E-state index in [1.165, 1.54) is 0 Å². The number of rotatable bonds is 4. The number of halogens is 1. The third-order valence-electron chi connectivity index (χ3n) is 2.22. The summed E-state index contributed by atoms with van der Waals surface area (Å²) in [6.07, 6.45) is 0.782. The molecule has 0 aliphatic heterocycles. The molecular formula is C10H14ClN3OS. The summed E-state index contributed by atoms with van der Waals surface area (Å²) in [5.41, 5.74) is 0.996. The van der Waals surface area contributed by atoms with E-state index in [0.717, 1.165) is 17.8 Å². The monoisotopic (exact) mass is 259 g/mol. The molecule has 0 bridgehead atoms. The molecule has 2 heterocycles. The Balaban J connectivity index is 0.00000128. The van der Waals surface area contributed by atoms with Crippen molar-refractivity contribution in [2.45, 2.75) is 19.4 Å². The van der Waals surface area contributed by atoms with Crippen molar-refractivity contribution < 1.29 is 4.52 Å². The first kappa shape index (κ1) is 13.2. The van der Waals surface area contributed by atoms with Crippen molar-refractivity contribution in [1.29, 1.82) is 0 Å². The van der Waals surface area contributed by atoms with E-state index < -0.39 is 0 Å². The quantitative estimate of drug-likeness (QED) is 0.916. The summed E-state index contributed by atoms with van der Waals surface area (Å²) in [6.45, 7) is 2.08. The first-order valence-electron chi connectivity index (χ1n) is 4.82. The van der Waals surface area contributed by atoms with Crippen molar-refractivity contribution >= 4 is 23.7 Å². The predicted octanol–water partition coefficient (Wildman–Crippen LogP) is 2.37. The smallest absolute Gasteiger partial charge is 0.258 e. The summed E-state index contributed by atoms with van der Waals surface area (Å²) in [7, 11) is 1.92. The Hall–Kier alpha value is -0.910. The van der Waals surface area contributed by atoms with Crippen LogP contribution in [0.5, 0.6) is 0 Å². The van der Waals surface area contributed by atoms with Gasteiger partial charge in [-0.15, -0.1) is 12.4 Å². The van der Waals surface area contributed by atoms with Gasteiger partial charge in [0, 0.05) is 17.8 Å². The Kier molecular flexibility index (Phi) is 4.92. The molecule has 0 spiro atoms. The summed E-state index contributed by atoms with van der Waals surface area (Å²) in [6, 6.07) is 2.33. The van der Waals surface area contributed by atoms with E-state index in [1.807, 2.05) is 23.9 Å². The summed E-state index contributed by atoms with van der Waals surface area (Å²) < 4.78 is 5.17. The maximum atomic E-state index is 5.17. The molecule has 0 amide bonds. The Morgan fingerprint density at radius 2 is 2.38 bits per heavy atom. The molecule has 2 rings (SSSR count). The van der Waals surface area contributed by atoms with E-state index in [0.29, 0.717) is 11.9 Å². The number of aromatic nitrogens is 2. The van der Waals surface area contributed by atoms with E-state index in [9.17, 15) is 0 Å². The van der Waals surface area contributed by atoms with Gasteiger partial charge in [0.2, 0.25) is 0 Å². The Bertz CT molecular complexity index is 415. The van der Waals surface area contributed by atoms with Crippen molar-refractivity contribution in [1.82, 2.24) is 15.5 Å². The Morgan fingerprint density at radius 3 is 3.00 bits per heavy atom. The van der Waals surface area contributed by atoms with Crippen LogP contribution in [0.4, 0.5) is 0 Å². The molecule has 0 radical (unpaired) electrons. The number of nitrogens with one attached hydrogen (secondary N) is 1. The topological polar surface area (TPSA) is 51.0 Å². The second kappa shape index (κ2) is 5.98. The fourth-order valence-electron chi connectivity index (χ4n) is 1.22. The molecule has 16 heavy (non-hydrogen) atoms. The van der Waals surface area contributed by atoms with E-state index in [4.69, 9.17) is 4.52 Å². The van der Waals surface area contributed by atoms with E-state index in [-0.39, 0.29) is 12.4 Å². The lowest BCUT2D eigenvalue weighted by Gasteiger charge is -2.04. The van der Waals surface area contributed by atoms with Crippen LogP contribution in [0.25, 0.3) is 11.5 Å². The van der Waals surface area contributed by atoms with Crippen LogP contribution in [0, 0.1) is 0 Å². The highest BCUT2D eigenvalue weighted by Crippen LogP contribution is 2.19. The minimum atomic E-state index is 0. The second-order valence-corrected chi connectivity index (χ2v) is 4.20. The van der Waals surface area contributed by atoms with Crippen molar-refractivity contribution in [3.8, 4) is 11.5 Å². The number of nitrogens with zero attached hydrogens (tertiary/aromatic N) is 2. The van der Waals surface area contributed by atoms with Gasteiger partial charge in [-0.25, -0.2) is 0 Å². The number of hydrogen-bond donors (Lipinski definition) is 1. The normalized spacial score (nSPS) is 12.1. The van der Waals surface area contributed by atoms with Gasteiger partial charge in [-0.2, -0.15) is 16.3 Å². The Labute approximate surface area is 104 Å². The molecular weight excluding hydrogens is 246 g/mol. The number of thiophene rings is 1. The summed E-state index contributed by atoms with van der Waals surface area (Å²) in [5.74, 6) is 1.35. The molecule has 88 valence electrons. The zero-order chi connectivity index (χ0) is 10.7. The van der Waals surface area contributed by atoms with Crippen LogP contribution < -0.4 is 5.32 Å². The highest BCUT2D eigenvalue weighted by molar-refractivity contribution is 7.08. The largest absolute Gasteiger partial charge is 0.334 e. The molecule has 2 aromatic heterocycles. The van der Waals surface area contributed by atoms with Gasteiger partial charge in [0.05, 0.1) is 5.56 Å². The molecule has 0 aliphatic carbocycles. The molecule has 2 aromatic rings. The summed E-state index contributed by atoms with van der Waals surface area (Å²) >= 11 is 1.62. The van der Waals surface area contributed by atoms with Crippen molar-refractivity contribution in [2.75, 3.05) is 7.05 Å². The van der Waals surface area contributed by atoms with Gasteiger partial charge in [-0.3, -0.25) is 0 Å². The summed E-state index contributed by atoms with van der Waals surface area (Å²) in [5, 5.41) is 11.1. The van der Waals surface area contributed by atoms with Gasteiger partial charge in [0.25, 0.3) is 5.89 Å². The lowest BCUT2D eigenvalue weighted by atomic mass is 10.2. The Morgan fingerprint density at radius 1 is 1.56 bits per heavy atom. The summed E-state index contributed by atoms with van der Waals surface area (Å²) in [4.78, 5) is 4.33. The van der Waals surface area contributed by atoms with Crippen LogP contribution in [0.2, 0.25) is 0 Å². The molecule has 0 aliphatic rings. The molecule has 1 unspecified atom stereocenters. The van der Waals surface area contributed by atoms with Gasteiger partial charge in [0.1, 0.15) is 0 Å². The molecule has 4 nitrogen and oxygen atoms in total. The predicted molar refractivity (Wildman–Crippen MR) is 67.1 cm³/mol. The van der Waals surface area contributed by atoms with Crippen molar-refractivity contribution in [3.63, 3.8) is 0 Å². The lowest BCUT2D eigenvalue weighted by molar-refractivity contribution is 0.418. The number of hydrogen-bond acceptors (Lipinski definition) is 5. The third-order valence-corrected chi connectivity index (χ3v) is 2.90. The van der Waals surface area contributed by atoms with Crippen LogP contribution in [0.1, 0.15) is 12.7 Å². The van der Waals surface area contributed by atoms with Crippen LogP contribution in [-0.2, 0) is 6.42 Å². The molecule has 1 N–H and O–H groups in total. The van der Waals surface area contributed by atoms with Gasteiger partial charge >= 0.3 is 0 Å². The first-order chi connectivity index (χ1) is 7.29. The van der Waals surface area contributed by atoms with E-state index >= 15 is 0 Å². The zero-order valence-corrected chi connectivity index (χ0v) is 10.8. The standard InChI is InChI=1S/C10H13N3OS.ClH/c1-7(11-2)5-9-12-10(14-13-9)8-3-4-15-6-8;/h3-4,6-7,11H,5H2,1-2H3;1H. The SMILES string of the molecule is CNC(C)Cc1noc(-c2ccsc2)n1.Cl. The maximum Gasteiger partial charge on any atom is 0.258 e. The lowest BCUT2D eigenvalue weighted by Crippen LogP contribution is -2.24. The highest BCUT2D eigenvalue weighted by Gasteiger charge is 2.10. The zero-order valence-electron chi connectivity index (χ0n) is 9.14. The minimum Gasteiger partial charge on any atom is -0.334 e. The molecule has 0 aromatic carbocycles. The van der Waals surface area contributed by atoms with Crippen molar-refractivity contribution in [2.24, 2.45) is 0 Å². The van der Waals surface area contributed by atoms with Crippen molar-refractivity contribution in [3.05, 3.63) is 22.7 Å². The van der Waals surface area contributed by atoms with Gasteiger partial charge in [-0.1, -0.05) is 5.16 Å². The van der Waals surface area contributed by atoms with Crippen LogP contribution >= 0.6 is 23.7 Å². The average Bonchev–Trinajstić information content (AvgIpc) is 2.85. The fourth-order valence-corrected chi connectivity index (χ4v) is 1.85. The first-order valence-corrected chi connectivity index (χ1v) is 5.76. The van der Waals surface area contributed by atoms with E-state index in [1.54, 1.807) is 11.3 Å². The van der Waals surface area contributed by atoms with E-state index in [2.05, 4.69) is 22.4 Å². The average molecular weight is 260 g/mol. The third kappa shape index (κ3) is 3.04.